The Labute approximate surface area is 211 Å². The Balaban J connectivity index is 1.37. The first-order valence-corrected chi connectivity index (χ1v) is 14.6. The fourth-order valence-electron chi connectivity index (χ4n) is 4.49. The summed E-state index contributed by atoms with van der Waals surface area (Å²) < 4.78 is 29.2. The number of para-hydroxylation sites is 1. The molecule has 1 saturated heterocycles. The van der Waals surface area contributed by atoms with E-state index in [2.05, 4.69) is 19.6 Å². The molecule has 1 aliphatic rings. The van der Waals surface area contributed by atoms with Gasteiger partial charge in [-0.3, -0.25) is 14.4 Å². The first kappa shape index (κ1) is 24.0. The number of piperidine rings is 1. The number of aromatic nitrogens is 2. The molecule has 1 aliphatic heterocycles. The summed E-state index contributed by atoms with van der Waals surface area (Å²) in [7, 11) is -3.69. The fourth-order valence-corrected chi connectivity index (χ4v) is 8.05. The Kier molecular flexibility index (Phi) is 6.67. The van der Waals surface area contributed by atoms with Gasteiger partial charge in [0.25, 0.3) is 10.0 Å². The van der Waals surface area contributed by atoms with E-state index in [9.17, 15) is 18.3 Å². The van der Waals surface area contributed by atoms with Crippen molar-refractivity contribution < 1.29 is 18.3 Å². The SMILES string of the molecule is CCc1ccsc1S(=O)(=O)Nc1cccc2cc(-c3ncc(CN4CCCC(C(=O)O)C4)s3)[nH]c12. The van der Waals surface area contributed by atoms with Crippen molar-refractivity contribution in [3.63, 3.8) is 0 Å². The van der Waals surface area contributed by atoms with Crippen LogP contribution in [-0.4, -0.2) is 47.5 Å². The van der Waals surface area contributed by atoms with Crippen molar-refractivity contribution in [1.82, 2.24) is 14.9 Å². The van der Waals surface area contributed by atoms with E-state index in [0.717, 1.165) is 45.9 Å². The molecular formula is C24H26N4O4S3. The molecule has 4 heterocycles. The van der Waals surface area contributed by atoms with Gasteiger partial charge in [-0.2, -0.15) is 0 Å². The van der Waals surface area contributed by atoms with Crippen LogP contribution < -0.4 is 4.72 Å². The van der Waals surface area contributed by atoms with Gasteiger partial charge in [-0.1, -0.05) is 19.1 Å². The van der Waals surface area contributed by atoms with E-state index in [1.54, 1.807) is 22.8 Å². The van der Waals surface area contributed by atoms with Gasteiger partial charge in [0, 0.05) is 29.5 Å². The van der Waals surface area contributed by atoms with Crippen molar-refractivity contribution in [3.05, 3.63) is 52.3 Å². The maximum atomic E-state index is 13.1. The standard InChI is InChI=1S/C24H26N4O4S3/c1-2-15-8-10-33-24(15)35(31,32)27-19-7-3-5-16-11-20(26-21(16)19)22-25-12-18(34-22)14-28-9-4-6-17(13-28)23(29)30/h3,5,7-8,10-12,17,26-27H,2,4,6,9,13-14H2,1H3,(H,29,30). The molecule has 1 unspecified atom stereocenters. The number of carboxylic acid groups (broad SMARTS) is 1. The van der Waals surface area contributed by atoms with Crippen LogP contribution in [0, 0.1) is 5.92 Å². The average molecular weight is 531 g/mol. The summed E-state index contributed by atoms with van der Waals surface area (Å²) in [6, 6.07) is 9.33. The highest BCUT2D eigenvalue weighted by atomic mass is 32.2. The minimum Gasteiger partial charge on any atom is -0.481 e. The van der Waals surface area contributed by atoms with Gasteiger partial charge in [0.05, 0.1) is 22.8 Å². The normalized spacial score (nSPS) is 17.1. The van der Waals surface area contributed by atoms with Crippen molar-refractivity contribution in [2.75, 3.05) is 17.8 Å². The number of rotatable bonds is 8. The second kappa shape index (κ2) is 9.73. The quantitative estimate of drug-likeness (QED) is 0.295. The molecule has 4 aromatic rings. The first-order valence-electron chi connectivity index (χ1n) is 11.4. The number of aryl methyl sites for hydroxylation is 1. The number of nitrogens with one attached hydrogen (secondary N) is 2. The number of likely N-dealkylation sites (tertiary alicyclic amines) is 1. The molecular weight excluding hydrogens is 504 g/mol. The van der Waals surface area contributed by atoms with Gasteiger partial charge in [0.2, 0.25) is 0 Å². The lowest BCUT2D eigenvalue weighted by atomic mass is 9.98. The monoisotopic (exact) mass is 530 g/mol. The summed E-state index contributed by atoms with van der Waals surface area (Å²) >= 11 is 2.78. The van der Waals surface area contributed by atoms with E-state index in [1.807, 2.05) is 37.4 Å². The Morgan fingerprint density at radius 2 is 2.20 bits per heavy atom. The number of aliphatic carboxylic acids is 1. The number of aromatic amines is 1. The summed E-state index contributed by atoms with van der Waals surface area (Å²) in [6.45, 7) is 4.06. The van der Waals surface area contributed by atoms with Crippen LogP contribution in [0.15, 0.2) is 46.1 Å². The number of carboxylic acids is 1. The highest BCUT2D eigenvalue weighted by Crippen LogP contribution is 2.33. The van der Waals surface area contributed by atoms with Crippen LogP contribution in [0.4, 0.5) is 5.69 Å². The smallest absolute Gasteiger partial charge is 0.307 e. The van der Waals surface area contributed by atoms with E-state index < -0.39 is 16.0 Å². The fraction of sp³-hybridized carbons (Fsp3) is 0.333. The molecule has 8 nitrogen and oxygen atoms in total. The molecule has 184 valence electrons. The molecule has 0 amide bonds. The average Bonchev–Trinajstić information content (AvgIpc) is 3.58. The molecule has 0 saturated carbocycles. The van der Waals surface area contributed by atoms with Crippen molar-refractivity contribution >= 4 is 55.3 Å². The minimum absolute atomic E-state index is 0.311. The number of H-pyrrole nitrogens is 1. The van der Waals surface area contributed by atoms with Crippen LogP contribution in [0.2, 0.25) is 0 Å². The lowest BCUT2D eigenvalue weighted by molar-refractivity contribution is -0.143. The second-order valence-corrected chi connectivity index (χ2v) is 12.6. The first-order chi connectivity index (χ1) is 16.8. The van der Waals surface area contributed by atoms with E-state index in [1.165, 1.54) is 11.3 Å². The van der Waals surface area contributed by atoms with Gasteiger partial charge in [-0.05, 0) is 54.9 Å². The van der Waals surface area contributed by atoms with Gasteiger partial charge in [-0.15, -0.1) is 22.7 Å². The Morgan fingerprint density at radius 3 is 3.00 bits per heavy atom. The van der Waals surface area contributed by atoms with Crippen LogP contribution >= 0.6 is 22.7 Å². The largest absolute Gasteiger partial charge is 0.481 e. The number of carbonyl (C=O) groups is 1. The predicted molar refractivity (Wildman–Crippen MR) is 140 cm³/mol. The van der Waals surface area contributed by atoms with Gasteiger partial charge >= 0.3 is 5.97 Å². The van der Waals surface area contributed by atoms with Crippen LogP contribution in [0.5, 0.6) is 0 Å². The number of hydrogen-bond acceptors (Lipinski definition) is 7. The van der Waals surface area contributed by atoms with Crippen molar-refractivity contribution in [1.29, 1.82) is 0 Å². The molecule has 1 fully saturated rings. The summed E-state index contributed by atoms with van der Waals surface area (Å²) in [5.74, 6) is -1.04. The summed E-state index contributed by atoms with van der Waals surface area (Å²) in [4.78, 5) is 22.5. The zero-order chi connectivity index (χ0) is 24.6. The maximum absolute atomic E-state index is 13.1. The number of nitrogens with zero attached hydrogens (tertiary/aromatic N) is 2. The molecule has 0 spiro atoms. The molecule has 35 heavy (non-hydrogen) atoms. The van der Waals surface area contributed by atoms with Crippen LogP contribution in [0.25, 0.3) is 21.6 Å². The van der Waals surface area contributed by atoms with Gasteiger partial charge < -0.3 is 10.1 Å². The molecule has 0 bridgehead atoms. The lowest BCUT2D eigenvalue weighted by Crippen LogP contribution is -2.37. The van der Waals surface area contributed by atoms with Gasteiger partial charge in [0.15, 0.2) is 0 Å². The number of sulfonamides is 1. The number of benzene rings is 1. The molecule has 3 aromatic heterocycles. The highest BCUT2D eigenvalue weighted by Gasteiger charge is 2.26. The molecule has 3 N–H and O–H groups in total. The zero-order valence-corrected chi connectivity index (χ0v) is 21.6. The molecule has 0 aliphatic carbocycles. The third-order valence-electron chi connectivity index (χ3n) is 6.25. The number of fused-ring (bicyclic) bond motifs is 1. The van der Waals surface area contributed by atoms with Crippen molar-refractivity contribution in [2.45, 2.75) is 36.9 Å². The number of anilines is 1. The molecule has 11 heteroatoms. The molecule has 1 atom stereocenters. The molecule has 5 rings (SSSR count). The number of thiazole rings is 1. The Bertz CT molecular complexity index is 1470. The third kappa shape index (κ3) is 4.99. The van der Waals surface area contributed by atoms with Crippen LogP contribution in [-0.2, 0) is 27.8 Å². The zero-order valence-electron chi connectivity index (χ0n) is 19.2. The number of thiophene rings is 1. The van der Waals surface area contributed by atoms with Crippen LogP contribution in [0.1, 0.15) is 30.2 Å². The predicted octanol–water partition coefficient (Wildman–Crippen LogP) is 5.01. The number of hydrogen-bond donors (Lipinski definition) is 3. The van der Waals surface area contributed by atoms with E-state index in [0.29, 0.717) is 34.9 Å². The van der Waals surface area contributed by atoms with Crippen molar-refractivity contribution in [2.24, 2.45) is 5.92 Å². The summed E-state index contributed by atoms with van der Waals surface area (Å²) in [5.41, 5.74) is 2.82. The molecule has 0 radical (unpaired) electrons. The van der Waals surface area contributed by atoms with Gasteiger partial charge in [-0.25, -0.2) is 13.4 Å². The van der Waals surface area contributed by atoms with E-state index in [-0.39, 0.29) is 5.92 Å². The topological polar surface area (TPSA) is 115 Å². The third-order valence-corrected chi connectivity index (χ3v) is 10.2. The second-order valence-electron chi connectivity index (χ2n) is 8.69. The van der Waals surface area contributed by atoms with Gasteiger partial charge in [0.1, 0.15) is 9.22 Å². The van der Waals surface area contributed by atoms with Crippen LogP contribution in [0.3, 0.4) is 0 Å². The van der Waals surface area contributed by atoms with E-state index >= 15 is 0 Å². The summed E-state index contributed by atoms with van der Waals surface area (Å²) in [6.07, 6.45) is 4.10. The Hall–Kier alpha value is -2.73. The Morgan fingerprint density at radius 1 is 1.34 bits per heavy atom. The lowest BCUT2D eigenvalue weighted by Gasteiger charge is -2.29. The molecule has 1 aromatic carbocycles. The highest BCUT2D eigenvalue weighted by molar-refractivity contribution is 7.94. The maximum Gasteiger partial charge on any atom is 0.307 e. The minimum atomic E-state index is -3.69. The van der Waals surface area contributed by atoms with Crippen molar-refractivity contribution in [3.8, 4) is 10.7 Å². The summed E-state index contributed by atoms with van der Waals surface area (Å²) in [5, 5.41) is 12.8. The van der Waals surface area contributed by atoms with E-state index in [4.69, 9.17) is 0 Å².